The molecule has 39 heavy (non-hydrogen) atoms. The van der Waals surface area contributed by atoms with Crippen LogP contribution in [-0.4, -0.2) is 52.2 Å². The van der Waals surface area contributed by atoms with Crippen molar-refractivity contribution in [3.63, 3.8) is 0 Å². The number of ether oxygens (including phenoxy) is 1. The molecule has 1 aliphatic carbocycles. The summed E-state index contributed by atoms with van der Waals surface area (Å²) in [5, 5.41) is 18.8. The summed E-state index contributed by atoms with van der Waals surface area (Å²) in [5.74, 6) is -2.43. The Morgan fingerprint density at radius 1 is 1.05 bits per heavy atom. The molecule has 0 aliphatic heterocycles. The van der Waals surface area contributed by atoms with E-state index in [-0.39, 0.29) is 19.6 Å². The van der Waals surface area contributed by atoms with Crippen molar-refractivity contribution in [2.75, 3.05) is 6.54 Å². The maximum atomic E-state index is 13.3. The fraction of sp³-hybridized carbons (Fsp3) is 0.379. The number of aryl methyl sites for hydroxylation is 1. The Kier molecular flexibility index (Phi) is 9.19. The zero-order chi connectivity index (χ0) is 27.8. The zero-order valence-corrected chi connectivity index (χ0v) is 21.9. The Morgan fingerprint density at radius 3 is 2.62 bits per heavy atom. The Morgan fingerprint density at radius 2 is 1.85 bits per heavy atom. The molecule has 3 atom stereocenters. The highest BCUT2D eigenvalue weighted by Crippen LogP contribution is 2.26. The van der Waals surface area contributed by atoms with Crippen molar-refractivity contribution in [1.82, 2.24) is 20.5 Å². The van der Waals surface area contributed by atoms with Gasteiger partial charge in [-0.25, -0.2) is 4.79 Å². The third-order valence-corrected chi connectivity index (χ3v) is 7.08. The second kappa shape index (κ2) is 12.9. The molecule has 0 bridgehead atoms. The third kappa shape index (κ3) is 7.16. The van der Waals surface area contributed by atoms with E-state index in [2.05, 4.69) is 16.0 Å². The van der Waals surface area contributed by atoms with Crippen LogP contribution in [0.1, 0.15) is 48.0 Å². The minimum atomic E-state index is -0.938. The van der Waals surface area contributed by atoms with Crippen LogP contribution in [0.15, 0.2) is 60.8 Å². The van der Waals surface area contributed by atoms with Crippen molar-refractivity contribution >= 4 is 34.8 Å². The van der Waals surface area contributed by atoms with Crippen molar-refractivity contribution in [2.45, 2.75) is 50.8 Å². The maximum Gasteiger partial charge on any atom is 0.407 e. The summed E-state index contributed by atoms with van der Waals surface area (Å²) in [6.45, 7) is 0.381. The predicted octanol–water partition coefficient (Wildman–Crippen LogP) is 3.35. The van der Waals surface area contributed by atoms with Crippen molar-refractivity contribution in [3.05, 3.63) is 71.9 Å². The molecule has 10 nitrogen and oxygen atoms in total. The molecule has 10 heteroatoms. The van der Waals surface area contributed by atoms with Gasteiger partial charge in [0.15, 0.2) is 0 Å². The molecule has 206 valence electrons. The number of carboxylic acids is 1. The summed E-state index contributed by atoms with van der Waals surface area (Å²) in [6.07, 6.45) is 3.70. The highest BCUT2D eigenvalue weighted by Gasteiger charge is 2.35. The molecule has 0 unspecified atom stereocenters. The lowest BCUT2D eigenvalue weighted by atomic mass is 10.0. The second-order valence-electron chi connectivity index (χ2n) is 9.82. The number of rotatable bonds is 11. The number of hydrogen-bond donors (Lipinski definition) is 4. The number of aliphatic carboxylic acids is 1. The van der Waals surface area contributed by atoms with Crippen LogP contribution < -0.4 is 16.0 Å². The van der Waals surface area contributed by atoms with Crippen molar-refractivity contribution in [1.29, 1.82) is 0 Å². The van der Waals surface area contributed by atoms with Crippen LogP contribution in [0, 0.1) is 5.92 Å². The Balaban J connectivity index is 1.38. The molecule has 0 radical (unpaired) electrons. The number of hydrogen-bond acceptors (Lipinski definition) is 5. The lowest BCUT2D eigenvalue weighted by molar-refractivity contribution is -0.142. The van der Waals surface area contributed by atoms with Crippen molar-refractivity contribution in [2.24, 2.45) is 13.0 Å². The molecule has 4 rings (SSSR count). The quantitative estimate of drug-likeness (QED) is 0.278. The summed E-state index contributed by atoms with van der Waals surface area (Å²) < 4.78 is 7.06. The summed E-state index contributed by atoms with van der Waals surface area (Å²) in [6, 6.07) is 15.2. The van der Waals surface area contributed by atoms with Gasteiger partial charge < -0.3 is 30.4 Å². The fourth-order valence-corrected chi connectivity index (χ4v) is 5.03. The first-order valence-corrected chi connectivity index (χ1v) is 13.2. The van der Waals surface area contributed by atoms with Gasteiger partial charge in [-0.15, -0.1) is 0 Å². The molecule has 2 aromatic carbocycles. The molecule has 1 saturated carbocycles. The minimum Gasteiger partial charge on any atom is -0.481 e. The predicted molar refractivity (Wildman–Crippen MR) is 145 cm³/mol. The normalized spacial score (nSPS) is 17.4. The molecule has 0 saturated heterocycles. The number of amides is 3. The topological polar surface area (TPSA) is 139 Å². The highest BCUT2D eigenvalue weighted by atomic mass is 16.5. The Bertz CT molecular complexity index is 1320. The third-order valence-electron chi connectivity index (χ3n) is 7.08. The molecule has 3 amide bonds. The number of nitrogens with zero attached hydrogens (tertiary/aromatic N) is 1. The van der Waals surface area contributed by atoms with Crippen LogP contribution in [0.25, 0.3) is 10.9 Å². The van der Waals surface area contributed by atoms with E-state index in [4.69, 9.17) is 4.74 Å². The first-order chi connectivity index (χ1) is 18.8. The van der Waals surface area contributed by atoms with Gasteiger partial charge in [-0.05, 0) is 43.4 Å². The van der Waals surface area contributed by atoms with E-state index in [0.29, 0.717) is 31.2 Å². The van der Waals surface area contributed by atoms with Crippen LogP contribution in [0.3, 0.4) is 0 Å². The van der Waals surface area contributed by atoms with E-state index in [1.807, 2.05) is 60.3 Å². The van der Waals surface area contributed by atoms with E-state index in [9.17, 15) is 24.3 Å². The highest BCUT2D eigenvalue weighted by molar-refractivity contribution is 6.07. The van der Waals surface area contributed by atoms with Gasteiger partial charge in [-0.2, -0.15) is 0 Å². The number of carbonyl (C=O) groups is 4. The van der Waals surface area contributed by atoms with E-state index >= 15 is 0 Å². The summed E-state index contributed by atoms with van der Waals surface area (Å²) >= 11 is 0. The van der Waals surface area contributed by atoms with Crippen LogP contribution in [0.4, 0.5) is 4.79 Å². The summed E-state index contributed by atoms with van der Waals surface area (Å²) in [4.78, 5) is 50.3. The Labute approximate surface area is 226 Å². The van der Waals surface area contributed by atoms with Gasteiger partial charge in [0, 0.05) is 31.2 Å². The van der Waals surface area contributed by atoms with Gasteiger partial charge in [0.2, 0.25) is 5.91 Å². The lowest BCUT2D eigenvalue weighted by Crippen LogP contribution is -2.51. The van der Waals surface area contributed by atoms with Gasteiger partial charge in [0.25, 0.3) is 5.91 Å². The van der Waals surface area contributed by atoms with E-state index < -0.39 is 41.9 Å². The molecular formula is C29H34N4O6. The first-order valence-electron chi connectivity index (χ1n) is 13.2. The number of carboxylic acid groups (broad SMARTS) is 1. The van der Waals surface area contributed by atoms with Gasteiger partial charge in [-0.3, -0.25) is 14.4 Å². The first kappa shape index (κ1) is 27.7. The summed E-state index contributed by atoms with van der Waals surface area (Å²) in [7, 11) is 1.85. The van der Waals surface area contributed by atoms with Gasteiger partial charge in [0.05, 0.1) is 17.0 Å². The average Bonchev–Trinajstić information content (AvgIpc) is 3.56. The second-order valence-corrected chi connectivity index (χ2v) is 9.82. The van der Waals surface area contributed by atoms with Gasteiger partial charge in [0.1, 0.15) is 12.6 Å². The number of benzene rings is 2. The molecule has 1 aromatic heterocycles. The number of fused-ring (bicyclic) bond motifs is 1. The largest absolute Gasteiger partial charge is 0.481 e. The SMILES string of the molecule is Cn1ccc2cccc(C(=O)N[C@@H](CCCNC(=O)OCc3ccccc3)C(=O)N[C@@H]3CCC[C@H]3C(=O)O)c21. The van der Waals surface area contributed by atoms with Crippen LogP contribution in [0.5, 0.6) is 0 Å². The molecular weight excluding hydrogens is 500 g/mol. The number of aromatic nitrogens is 1. The van der Waals surface area contributed by atoms with Crippen LogP contribution in [0.2, 0.25) is 0 Å². The van der Waals surface area contributed by atoms with Crippen molar-refractivity contribution in [3.8, 4) is 0 Å². The number of para-hydroxylation sites is 1. The number of carbonyl (C=O) groups excluding carboxylic acids is 3. The molecule has 4 N–H and O–H groups in total. The number of nitrogens with one attached hydrogen (secondary N) is 3. The maximum absolute atomic E-state index is 13.3. The van der Waals surface area contributed by atoms with E-state index in [1.54, 1.807) is 12.1 Å². The molecule has 3 aromatic rings. The molecule has 1 heterocycles. The monoisotopic (exact) mass is 534 g/mol. The van der Waals surface area contributed by atoms with Gasteiger partial charge in [-0.1, -0.05) is 48.9 Å². The molecule has 0 spiro atoms. The molecule has 1 aliphatic rings. The summed E-state index contributed by atoms with van der Waals surface area (Å²) in [5.41, 5.74) is 2.05. The van der Waals surface area contributed by atoms with Gasteiger partial charge >= 0.3 is 12.1 Å². The van der Waals surface area contributed by atoms with Crippen LogP contribution in [-0.2, 0) is 28.0 Å². The number of alkyl carbamates (subject to hydrolysis) is 1. The zero-order valence-electron chi connectivity index (χ0n) is 21.9. The lowest BCUT2D eigenvalue weighted by Gasteiger charge is -2.23. The minimum absolute atomic E-state index is 0.143. The average molecular weight is 535 g/mol. The van der Waals surface area contributed by atoms with Crippen molar-refractivity contribution < 1.29 is 29.0 Å². The molecule has 1 fully saturated rings. The standard InChI is InChI=1S/C29H34N4O6/c1-33-17-15-20-10-5-12-22(25(20)33)26(34)32-24(27(35)31-23-13-6-11-21(23)28(36)37)14-7-16-30-29(38)39-18-19-8-3-2-4-9-19/h2-5,8-10,12,15,17,21,23-24H,6-7,11,13-14,16,18H2,1H3,(H,30,38)(H,31,35)(H,32,34)(H,36,37)/t21-,23-,24+/m1/s1. The smallest absolute Gasteiger partial charge is 0.407 e. The van der Waals surface area contributed by atoms with E-state index in [1.165, 1.54) is 0 Å². The fourth-order valence-electron chi connectivity index (χ4n) is 5.03. The Hall–Kier alpha value is -4.34. The van der Waals surface area contributed by atoms with E-state index in [0.717, 1.165) is 16.5 Å². The van der Waals surface area contributed by atoms with Crippen LogP contribution >= 0.6 is 0 Å².